The van der Waals surface area contributed by atoms with E-state index in [-0.39, 0.29) is 0 Å². The largest absolute Gasteiger partial charge is 0.493 e. The van der Waals surface area contributed by atoms with Crippen LogP contribution in [0.2, 0.25) is 0 Å². The average molecular weight is 264 g/mol. The highest BCUT2D eigenvalue weighted by Gasteiger charge is 2.16. The zero-order valence-corrected chi connectivity index (χ0v) is 11.9. The normalized spacial score (nSPS) is 16.9. The van der Waals surface area contributed by atoms with Crippen molar-refractivity contribution in [1.82, 2.24) is 4.90 Å². The van der Waals surface area contributed by atoms with E-state index in [4.69, 9.17) is 15.2 Å². The van der Waals surface area contributed by atoms with E-state index in [9.17, 15) is 0 Å². The summed E-state index contributed by atoms with van der Waals surface area (Å²) in [7, 11) is 3.33. The van der Waals surface area contributed by atoms with Crippen LogP contribution in [0, 0.1) is 0 Å². The number of hydrogen-bond acceptors (Lipinski definition) is 4. The quantitative estimate of drug-likeness (QED) is 0.849. The Morgan fingerprint density at radius 1 is 1.05 bits per heavy atom. The minimum absolute atomic E-state index is 0.715. The summed E-state index contributed by atoms with van der Waals surface area (Å²) in [6.45, 7) is 3.19. The monoisotopic (exact) mass is 264 g/mol. The second kappa shape index (κ2) is 6.66. The highest BCUT2D eigenvalue weighted by atomic mass is 16.5. The van der Waals surface area contributed by atoms with Gasteiger partial charge in [-0.15, -0.1) is 0 Å². The first-order chi connectivity index (χ1) is 9.24. The van der Waals surface area contributed by atoms with Crippen molar-refractivity contribution in [2.24, 2.45) is 0 Å². The van der Waals surface area contributed by atoms with Gasteiger partial charge >= 0.3 is 0 Å². The van der Waals surface area contributed by atoms with E-state index in [2.05, 4.69) is 4.90 Å². The first-order valence-electron chi connectivity index (χ1n) is 6.97. The van der Waals surface area contributed by atoms with Crippen molar-refractivity contribution in [2.75, 3.05) is 33.0 Å². The highest BCUT2D eigenvalue weighted by molar-refractivity contribution is 5.57. The number of hydrogen-bond donors (Lipinski definition) is 1. The van der Waals surface area contributed by atoms with Gasteiger partial charge in [-0.05, 0) is 32.0 Å². The van der Waals surface area contributed by atoms with Gasteiger partial charge in [0, 0.05) is 23.9 Å². The summed E-state index contributed by atoms with van der Waals surface area (Å²) in [6, 6.07) is 3.80. The number of nitrogens with two attached hydrogens (primary N) is 1. The Labute approximate surface area is 115 Å². The highest BCUT2D eigenvalue weighted by Crippen LogP contribution is 2.34. The van der Waals surface area contributed by atoms with Gasteiger partial charge in [0.1, 0.15) is 0 Å². The smallest absolute Gasteiger partial charge is 0.165 e. The number of likely N-dealkylation sites (tertiary alicyclic amines) is 1. The molecule has 1 fully saturated rings. The molecule has 0 saturated carbocycles. The first-order valence-corrected chi connectivity index (χ1v) is 6.97. The van der Waals surface area contributed by atoms with E-state index in [1.54, 1.807) is 14.2 Å². The fourth-order valence-corrected chi connectivity index (χ4v) is 2.72. The zero-order chi connectivity index (χ0) is 13.7. The zero-order valence-electron chi connectivity index (χ0n) is 11.9. The molecule has 0 atom stereocenters. The number of rotatable bonds is 4. The summed E-state index contributed by atoms with van der Waals surface area (Å²) in [6.07, 6.45) is 5.24. The third-order valence-corrected chi connectivity index (χ3v) is 3.67. The Balaban J connectivity index is 2.20. The molecule has 4 nitrogen and oxygen atoms in total. The van der Waals surface area contributed by atoms with Crippen LogP contribution >= 0.6 is 0 Å². The Kier molecular flexibility index (Phi) is 4.91. The maximum Gasteiger partial charge on any atom is 0.165 e. The van der Waals surface area contributed by atoms with Gasteiger partial charge in [0.15, 0.2) is 11.5 Å². The number of benzene rings is 1. The van der Waals surface area contributed by atoms with Crippen LogP contribution < -0.4 is 15.2 Å². The third kappa shape index (κ3) is 3.53. The molecule has 0 spiro atoms. The molecule has 2 rings (SSSR count). The van der Waals surface area contributed by atoms with Gasteiger partial charge < -0.3 is 15.2 Å². The molecule has 1 aromatic rings. The molecule has 4 heteroatoms. The van der Waals surface area contributed by atoms with Crippen molar-refractivity contribution in [2.45, 2.75) is 32.2 Å². The number of methoxy groups -OCH3 is 2. The maximum atomic E-state index is 5.94. The number of ether oxygens (including phenoxy) is 2. The molecule has 1 saturated heterocycles. The van der Waals surface area contributed by atoms with E-state index >= 15 is 0 Å². The molecule has 19 heavy (non-hydrogen) atoms. The maximum absolute atomic E-state index is 5.94. The van der Waals surface area contributed by atoms with Crippen LogP contribution in [0.5, 0.6) is 11.5 Å². The van der Waals surface area contributed by atoms with E-state index < -0.39 is 0 Å². The number of nitrogen functional groups attached to an aromatic ring is 1. The van der Waals surface area contributed by atoms with Crippen LogP contribution in [0.3, 0.4) is 0 Å². The molecular formula is C15H24N2O2. The SMILES string of the molecule is COc1cc(N)cc(CN2CCCCCC2)c1OC. The van der Waals surface area contributed by atoms with E-state index in [1.807, 2.05) is 12.1 Å². The molecule has 0 radical (unpaired) electrons. The molecular weight excluding hydrogens is 240 g/mol. The molecule has 106 valence electrons. The molecule has 0 bridgehead atoms. The molecule has 0 aliphatic carbocycles. The van der Waals surface area contributed by atoms with Crippen molar-refractivity contribution in [3.05, 3.63) is 17.7 Å². The van der Waals surface area contributed by atoms with Gasteiger partial charge in [-0.1, -0.05) is 12.8 Å². The molecule has 0 aromatic heterocycles. The Morgan fingerprint density at radius 2 is 1.74 bits per heavy atom. The molecule has 2 N–H and O–H groups in total. The lowest BCUT2D eigenvalue weighted by atomic mass is 10.1. The van der Waals surface area contributed by atoms with Crippen LogP contribution in [-0.4, -0.2) is 32.2 Å². The molecule has 0 amide bonds. The summed E-state index contributed by atoms with van der Waals surface area (Å²) in [5.74, 6) is 1.52. The second-order valence-corrected chi connectivity index (χ2v) is 5.11. The van der Waals surface area contributed by atoms with Crippen molar-refractivity contribution in [1.29, 1.82) is 0 Å². The summed E-state index contributed by atoms with van der Waals surface area (Å²) in [5, 5.41) is 0. The van der Waals surface area contributed by atoms with Crippen molar-refractivity contribution in [3.8, 4) is 11.5 Å². The van der Waals surface area contributed by atoms with Gasteiger partial charge in [0.05, 0.1) is 14.2 Å². The summed E-state index contributed by atoms with van der Waals surface area (Å²) in [5.41, 5.74) is 7.78. The predicted octanol–water partition coefficient (Wildman–Crippen LogP) is 2.66. The molecule has 1 aliphatic heterocycles. The Morgan fingerprint density at radius 3 is 2.32 bits per heavy atom. The van der Waals surface area contributed by atoms with Crippen LogP contribution in [-0.2, 0) is 6.54 Å². The fourth-order valence-electron chi connectivity index (χ4n) is 2.72. The van der Waals surface area contributed by atoms with E-state index in [0.29, 0.717) is 5.75 Å². The van der Waals surface area contributed by atoms with Crippen molar-refractivity contribution >= 4 is 5.69 Å². The van der Waals surface area contributed by atoms with Gasteiger partial charge in [-0.3, -0.25) is 4.90 Å². The van der Waals surface area contributed by atoms with E-state index in [1.165, 1.54) is 25.7 Å². The Bertz CT molecular complexity index is 413. The minimum Gasteiger partial charge on any atom is -0.493 e. The topological polar surface area (TPSA) is 47.7 Å². The lowest BCUT2D eigenvalue weighted by Crippen LogP contribution is -2.24. The summed E-state index contributed by atoms with van der Waals surface area (Å²) in [4.78, 5) is 2.48. The lowest BCUT2D eigenvalue weighted by Gasteiger charge is -2.22. The van der Waals surface area contributed by atoms with E-state index in [0.717, 1.165) is 36.6 Å². The van der Waals surface area contributed by atoms with Gasteiger partial charge in [0.25, 0.3) is 0 Å². The van der Waals surface area contributed by atoms with Crippen LogP contribution in [0.15, 0.2) is 12.1 Å². The summed E-state index contributed by atoms with van der Waals surface area (Å²) < 4.78 is 10.8. The minimum atomic E-state index is 0.715. The molecule has 1 aromatic carbocycles. The van der Waals surface area contributed by atoms with Crippen molar-refractivity contribution in [3.63, 3.8) is 0 Å². The van der Waals surface area contributed by atoms with Gasteiger partial charge in [0.2, 0.25) is 0 Å². The molecule has 1 aliphatic rings. The summed E-state index contributed by atoms with van der Waals surface area (Å²) >= 11 is 0. The lowest BCUT2D eigenvalue weighted by molar-refractivity contribution is 0.269. The number of anilines is 1. The average Bonchev–Trinajstić information content (AvgIpc) is 2.66. The predicted molar refractivity (Wildman–Crippen MR) is 77.7 cm³/mol. The Hall–Kier alpha value is -1.42. The van der Waals surface area contributed by atoms with Crippen LogP contribution in [0.4, 0.5) is 5.69 Å². The molecule has 0 unspecified atom stereocenters. The standard InChI is InChI=1S/C15H24N2O2/c1-18-14-10-13(16)9-12(15(14)19-2)11-17-7-5-3-4-6-8-17/h9-10H,3-8,11,16H2,1-2H3. The number of nitrogens with zero attached hydrogens (tertiary/aromatic N) is 1. The van der Waals surface area contributed by atoms with Crippen LogP contribution in [0.25, 0.3) is 0 Å². The van der Waals surface area contributed by atoms with Gasteiger partial charge in [-0.2, -0.15) is 0 Å². The van der Waals surface area contributed by atoms with Crippen LogP contribution in [0.1, 0.15) is 31.2 Å². The molecule has 1 heterocycles. The first kappa shape index (κ1) is 14.0. The third-order valence-electron chi connectivity index (χ3n) is 3.67. The van der Waals surface area contributed by atoms with Gasteiger partial charge in [-0.25, -0.2) is 0 Å². The second-order valence-electron chi connectivity index (χ2n) is 5.11. The fraction of sp³-hybridized carbons (Fsp3) is 0.600. The van der Waals surface area contributed by atoms with Crippen molar-refractivity contribution < 1.29 is 9.47 Å².